The summed E-state index contributed by atoms with van der Waals surface area (Å²) in [5.74, 6) is -11.0. The Morgan fingerprint density at radius 1 is 1.04 bits per heavy atom. The molecule has 0 aromatic heterocycles. The number of hydrogen-bond donors (Lipinski definition) is 1. The lowest BCUT2D eigenvalue weighted by Gasteiger charge is -2.35. The molecule has 0 spiro atoms. The van der Waals surface area contributed by atoms with Gasteiger partial charge in [-0.05, 0) is 34.1 Å². The molecule has 0 amide bonds. The number of carbonyl (C=O) groups is 2. The fourth-order valence-electron chi connectivity index (χ4n) is 1.25. The Bertz CT molecular complexity index is 455. The highest BCUT2D eigenvalue weighted by Crippen LogP contribution is 2.45. The minimum Gasteiger partial charge on any atom is -0.460 e. The van der Waals surface area contributed by atoms with E-state index < -0.39 is 41.3 Å². The Kier molecular flexibility index (Phi) is 6.16. The van der Waals surface area contributed by atoms with Crippen LogP contribution in [0, 0.1) is 0 Å². The van der Waals surface area contributed by atoms with Crippen molar-refractivity contribution in [2.45, 2.75) is 70.4 Å². The molecule has 0 rings (SSSR count). The SMILES string of the molecule is CCC(C)OC(=O)C(O)(C(=O)OC(C)(C)C)C(F)(F)C(F)(F)F. The van der Waals surface area contributed by atoms with Crippen LogP contribution in [0.3, 0.4) is 0 Å². The smallest absolute Gasteiger partial charge is 0.457 e. The number of alkyl halides is 5. The fourth-order valence-corrected chi connectivity index (χ4v) is 1.25. The van der Waals surface area contributed by atoms with Crippen molar-refractivity contribution in [1.29, 1.82) is 0 Å². The lowest BCUT2D eigenvalue weighted by molar-refractivity contribution is -0.335. The van der Waals surface area contributed by atoms with E-state index in [0.29, 0.717) is 0 Å². The normalized spacial score (nSPS) is 17.2. The van der Waals surface area contributed by atoms with Gasteiger partial charge in [-0.1, -0.05) is 6.92 Å². The first kappa shape index (κ1) is 21.6. The summed E-state index contributed by atoms with van der Waals surface area (Å²) in [5, 5.41) is 9.70. The van der Waals surface area contributed by atoms with E-state index in [4.69, 9.17) is 0 Å². The molecule has 0 saturated carbocycles. The first-order chi connectivity index (χ1) is 10.0. The molecule has 0 aromatic carbocycles. The van der Waals surface area contributed by atoms with Crippen LogP contribution in [0.4, 0.5) is 22.0 Å². The topological polar surface area (TPSA) is 72.8 Å². The van der Waals surface area contributed by atoms with E-state index in [-0.39, 0.29) is 6.42 Å². The molecule has 0 bridgehead atoms. The second kappa shape index (κ2) is 6.58. The van der Waals surface area contributed by atoms with Crippen LogP contribution in [0.25, 0.3) is 0 Å². The van der Waals surface area contributed by atoms with E-state index in [1.807, 2.05) is 0 Å². The molecular formula is C13H19F5O5. The number of rotatable bonds is 5. The van der Waals surface area contributed by atoms with Crippen LogP contribution in [0.5, 0.6) is 0 Å². The summed E-state index contributed by atoms with van der Waals surface area (Å²) in [5.41, 5.74) is -6.37. The molecule has 0 aliphatic rings. The molecule has 10 heteroatoms. The molecule has 0 saturated heterocycles. The van der Waals surface area contributed by atoms with Gasteiger partial charge in [-0.25, -0.2) is 9.59 Å². The van der Waals surface area contributed by atoms with Gasteiger partial charge in [0.25, 0.3) is 0 Å². The molecule has 2 unspecified atom stereocenters. The van der Waals surface area contributed by atoms with Gasteiger partial charge in [-0.3, -0.25) is 0 Å². The Hall–Kier alpha value is -1.45. The van der Waals surface area contributed by atoms with Gasteiger partial charge in [0, 0.05) is 0 Å². The van der Waals surface area contributed by atoms with Crippen molar-refractivity contribution in [2.75, 3.05) is 0 Å². The van der Waals surface area contributed by atoms with E-state index >= 15 is 0 Å². The number of halogens is 5. The van der Waals surface area contributed by atoms with Crippen molar-refractivity contribution in [1.82, 2.24) is 0 Å². The quantitative estimate of drug-likeness (QED) is 0.469. The maximum Gasteiger partial charge on any atom is 0.457 e. The molecule has 0 aliphatic heterocycles. The Morgan fingerprint density at radius 2 is 1.48 bits per heavy atom. The Labute approximate surface area is 129 Å². The average Bonchev–Trinajstić information content (AvgIpc) is 2.33. The number of ether oxygens (including phenoxy) is 2. The fraction of sp³-hybridized carbons (Fsp3) is 0.846. The number of carbonyl (C=O) groups excluding carboxylic acids is 2. The van der Waals surface area contributed by atoms with E-state index in [9.17, 15) is 36.6 Å². The minimum atomic E-state index is -6.38. The Morgan fingerprint density at radius 3 is 1.78 bits per heavy atom. The first-order valence-electron chi connectivity index (χ1n) is 6.62. The highest BCUT2D eigenvalue weighted by molar-refractivity contribution is 6.05. The van der Waals surface area contributed by atoms with Crippen LogP contribution in [0.15, 0.2) is 0 Å². The average molecular weight is 350 g/mol. The van der Waals surface area contributed by atoms with Gasteiger partial charge in [0.2, 0.25) is 0 Å². The third-order valence-corrected chi connectivity index (χ3v) is 2.68. The minimum absolute atomic E-state index is 0.0632. The monoisotopic (exact) mass is 350 g/mol. The second-order valence-corrected chi connectivity index (χ2v) is 5.91. The van der Waals surface area contributed by atoms with Crippen molar-refractivity contribution >= 4 is 11.9 Å². The lowest BCUT2D eigenvalue weighted by Crippen LogP contribution is -2.67. The molecule has 0 aromatic rings. The predicted molar refractivity (Wildman–Crippen MR) is 67.6 cm³/mol. The van der Waals surface area contributed by atoms with Gasteiger partial charge in [0.15, 0.2) is 0 Å². The third-order valence-electron chi connectivity index (χ3n) is 2.68. The standard InChI is InChI=1S/C13H19F5O5/c1-6-7(2)22-8(19)11(21,9(20)23-10(3,4)5)12(14,15)13(16,17)18/h7,21H,6H2,1-5H3. The van der Waals surface area contributed by atoms with Gasteiger partial charge in [0.1, 0.15) is 5.60 Å². The second-order valence-electron chi connectivity index (χ2n) is 5.91. The van der Waals surface area contributed by atoms with Gasteiger partial charge < -0.3 is 14.6 Å². The summed E-state index contributed by atoms with van der Waals surface area (Å²) in [4.78, 5) is 23.4. The van der Waals surface area contributed by atoms with Gasteiger partial charge >= 0.3 is 29.6 Å². The van der Waals surface area contributed by atoms with Crippen LogP contribution in [-0.2, 0) is 19.1 Å². The van der Waals surface area contributed by atoms with Crippen molar-refractivity contribution in [3.8, 4) is 0 Å². The lowest BCUT2D eigenvalue weighted by atomic mass is 9.94. The van der Waals surface area contributed by atoms with Crippen LogP contribution in [0.1, 0.15) is 41.0 Å². The largest absolute Gasteiger partial charge is 0.460 e. The summed E-state index contributed by atoms with van der Waals surface area (Å²) in [7, 11) is 0. The maximum atomic E-state index is 13.6. The molecule has 0 radical (unpaired) electrons. The first-order valence-corrected chi connectivity index (χ1v) is 6.62. The molecule has 23 heavy (non-hydrogen) atoms. The number of aliphatic hydroxyl groups is 1. The molecule has 1 N–H and O–H groups in total. The van der Waals surface area contributed by atoms with Gasteiger partial charge in [0.05, 0.1) is 6.10 Å². The van der Waals surface area contributed by atoms with Crippen molar-refractivity contribution in [3.05, 3.63) is 0 Å². The molecular weight excluding hydrogens is 331 g/mol. The zero-order valence-corrected chi connectivity index (χ0v) is 13.3. The highest BCUT2D eigenvalue weighted by Gasteiger charge is 2.79. The van der Waals surface area contributed by atoms with Crippen LogP contribution in [-0.4, -0.2) is 46.5 Å². The van der Waals surface area contributed by atoms with E-state index in [1.54, 1.807) is 0 Å². The summed E-state index contributed by atoms with van der Waals surface area (Å²) >= 11 is 0. The molecule has 0 heterocycles. The van der Waals surface area contributed by atoms with Crippen molar-refractivity contribution < 1.29 is 46.1 Å². The number of hydrogen-bond acceptors (Lipinski definition) is 5. The summed E-state index contributed by atoms with van der Waals surface area (Å²) in [6.45, 7) is 6.14. The molecule has 0 aliphatic carbocycles. The zero-order valence-electron chi connectivity index (χ0n) is 13.3. The van der Waals surface area contributed by atoms with Crippen LogP contribution >= 0.6 is 0 Å². The molecule has 136 valence electrons. The van der Waals surface area contributed by atoms with Crippen molar-refractivity contribution in [2.24, 2.45) is 0 Å². The van der Waals surface area contributed by atoms with Gasteiger partial charge in [-0.2, -0.15) is 22.0 Å². The zero-order chi connectivity index (χ0) is 18.9. The van der Waals surface area contributed by atoms with Crippen molar-refractivity contribution in [3.63, 3.8) is 0 Å². The summed E-state index contributed by atoms with van der Waals surface area (Å²) in [6.07, 6.45) is -7.42. The van der Waals surface area contributed by atoms with E-state index in [2.05, 4.69) is 9.47 Å². The van der Waals surface area contributed by atoms with E-state index in [1.165, 1.54) is 13.8 Å². The van der Waals surface area contributed by atoms with Crippen LogP contribution < -0.4 is 0 Å². The predicted octanol–water partition coefficient (Wildman–Crippen LogP) is 2.60. The number of esters is 2. The molecule has 2 atom stereocenters. The van der Waals surface area contributed by atoms with E-state index in [0.717, 1.165) is 20.8 Å². The molecule has 5 nitrogen and oxygen atoms in total. The van der Waals surface area contributed by atoms with Crippen LogP contribution in [0.2, 0.25) is 0 Å². The summed E-state index contributed by atoms with van der Waals surface area (Å²) < 4.78 is 73.7. The summed E-state index contributed by atoms with van der Waals surface area (Å²) in [6, 6.07) is 0. The maximum absolute atomic E-state index is 13.6. The third kappa shape index (κ3) is 4.52. The highest BCUT2D eigenvalue weighted by atomic mass is 19.4. The Balaban J connectivity index is 5.99. The molecule has 0 fully saturated rings. The van der Waals surface area contributed by atoms with Gasteiger partial charge in [-0.15, -0.1) is 0 Å².